The van der Waals surface area contributed by atoms with Crippen LogP contribution < -0.4 is 27.2 Å². The molecular weight excluding hydrogens is 724 g/mol. The van der Waals surface area contributed by atoms with E-state index in [2.05, 4.69) is 60.3 Å². The van der Waals surface area contributed by atoms with E-state index in [4.69, 9.17) is 57.3 Å². The average molecular weight is 787 g/mol. The zero-order chi connectivity index (χ0) is 39.8. The van der Waals surface area contributed by atoms with Crippen LogP contribution in [0.1, 0.15) is 80.1 Å². The molecular formula is C39H63ClN10O5. The van der Waals surface area contributed by atoms with Gasteiger partial charge in [-0.2, -0.15) is 5.53 Å². The third kappa shape index (κ3) is 15.5. The average Bonchev–Trinajstić information content (AvgIpc) is 3.16. The van der Waals surface area contributed by atoms with E-state index < -0.39 is 0 Å². The van der Waals surface area contributed by atoms with Crippen LogP contribution in [0.25, 0.3) is 11.1 Å². The summed E-state index contributed by atoms with van der Waals surface area (Å²) in [6.45, 7) is 17.6. The van der Waals surface area contributed by atoms with Crippen LogP contribution in [0, 0.1) is 5.41 Å². The highest BCUT2D eigenvalue weighted by molar-refractivity contribution is 6.32. The number of nitrogens with two attached hydrogens (primary N) is 2. The van der Waals surface area contributed by atoms with Crippen molar-refractivity contribution >= 4 is 30.1 Å². The number of hydrazine groups is 2. The van der Waals surface area contributed by atoms with E-state index in [1.54, 1.807) is 24.7 Å². The molecule has 306 valence electrons. The third-order valence-electron chi connectivity index (χ3n) is 9.45. The van der Waals surface area contributed by atoms with Crippen molar-refractivity contribution in [2.45, 2.75) is 109 Å². The van der Waals surface area contributed by atoms with E-state index in [-0.39, 0.29) is 29.2 Å². The molecule has 16 heteroatoms. The zero-order valence-corrected chi connectivity index (χ0v) is 34.2. The van der Waals surface area contributed by atoms with Crippen molar-refractivity contribution < 1.29 is 23.7 Å². The van der Waals surface area contributed by atoms with Gasteiger partial charge in [0.2, 0.25) is 11.8 Å². The first-order valence-corrected chi connectivity index (χ1v) is 19.7. The Morgan fingerprint density at radius 1 is 1.07 bits per heavy atom. The van der Waals surface area contributed by atoms with Crippen molar-refractivity contribution in [2.24, 2.45) is 16.6 Å². The number of rotatable bonds is 21. The van der Waals surface area contributed by atoms with Crippen molar-refractivity contribution in [1.29, 1.82) is 5.41 Å². The number of ether oxygens (including phenoxy) is 5. The molecule has 1 aliphatic heterocycles. The number of halogens is 1. The number of aliphatic imine (C=N–C) groups is 1. The maximum atomic E-state index is 7.43. The molecule has 0 radical (unpaired) electrons. The molecule has 1 saturated carbocycles. The molecule has 1 aromatic heterocycles. The van der Waals surface area contributed by atoms with Gasteiger partial charge < -0.3 is 34.7 Å². The number of nitrogens with one attached hydrogen (secondary N) is 3. The van der Waals surface area contributed by atoms with Gasteiger partial charge in [-0.15, -0.1) is 0 Å². The van der Waals surface area contributed by atoms with Crippen molar-refractivity contribution in [3.63, 3.8) is 0 Å². The van der Waals surface area contributed by atoms with Crippen LogP contribution in [-0.2, 0) is 18.9 Å². The third-order valence-corrected chi connectivity index (χ3v) is 9.77. The predicted molar refractivity (Wildman–Crippen MR) is 218 cm³/mol. The molecule has 2 aliphatic rings. The summed E-state index contributed by atoms with van der Waals surface area (Å²) >= 11 is 6.45. The molecule has 1 saturated heterocycles. The minimum Gasteiger partial charge on any atom is -0.487 e. The first kappa shape index (κ1) is 44.1. The highest BCUT2D eigenvalue weighted by atomic mass is 35.5. The number of nitrogens with zero attached hydrogens (tertiary/aromatic N) is 5. The van der Waals surface area contributed by atoms with Crippen molar-refractivity contribution in [2.75, 3.05) is 58.0 Å². The largest absolute Gasteiger partial charge is 0.487 e. The van der Waals surface area contributed by atoms with Gasteiger partial charge in [0.15, 0.2) is 0 Å². The number of hydrogen-bond donors (Lipinski definition) is 5. The monoisotopic (exact) mass is 786 g/mol. The van der Waals surface area contributed by atoms with Crippen molar-refractivity contribution in [1.82, 2.24) is 25.4 Å². The molecule has 0 amide bonds. The van der Waals surface area contributed by atoms with Crippen LogP contribution in [0.15, 0.2) is 47.2 Å². The summed E-state index contributed by atoms with van der Waals surface area (Å²) < 4.78 is 29.6. The molecule has 1 aliphatic carbocycles. The first-order chi connectivity index (χ1) is 26.2. The van der Waals surface area contributed by atoms with Crippen molar-refractivity contribution in [3.05, 3.63) is 47.2 Å². The molecule has 2 heterocycles. The Morgan fingerprint density at radius 3 is 2.44 bits per heavy atom. The number of anilines is 1. The highest BCUT2D eigenvalue weighted by Gasteiger charge is 2.27. The Kier molecular flexibility index (Phi) is 17.4. The van der Waals surface area contributed by atoms with E-state index >= 15 is 0 Å². The van der Waals surface area contributed by atoms with Gasteiger partial charge in [0.1, 0.15) is 17.6 Å². The summed E-state index contributed by atoms with van der Waals surface area (Å²) in [5, 5.41) is 12.5. The van der Waals surface area contributed by atoms with Gasteiger partial charge >= 0.3 is 0 Å². The van der Waals surface area contributed by atoms with Gasteiger partial charge in [-0.25, -0.2) is 9.97 Å². The Hall–Kier alpha value is -3.57. The Bertz CT molecular complexity index is 1520. The van der Waals surface area contributed by atoms with Crippen LogP contribution in [0.5, 0.6) is 5.75 Å². The smallest absolute Gasteiger partial charge is 0.227 e. The van der Waals surface area contributed by atoms with Gasteiger partial charge in [0.05, 0.1) is 67.8 Å². The quantitative estimate of drug-likeness (QED) is 0.0266. The minimum absolute atomic E-state index is 0.178. The molecule has 15 nitrogen and oxygen atoms in total. The molecule has 2 fully saturated rings. The maximum Gasteiger partial charge on any atom is 0.227 e. The lowest BCUT2D eigenvalue weighted by Crippen LogP contribution is -2.46. The zero-order valence-electron chi connectivity index (χ0n) is 33.5. The number of aromatic nitrogens is 2. The van der Waals surface area contributed by atoms with Gasteiger partial charge in [0.25, 0.3) is 0 Å². The fourth-order valence-electron chi connectivity index (χ4n) is 6.30. The van der Waals surface area contributed by atoms with Crippen LogP contribution in [0.4, 0.5) is 5.95 Å². The predicted octanol–water partition coefficient (Wildman–Crippen LogP) is 5.51. The van der Waals surface area contributed by atoms with E-state index in [0.717, 1.165) is 75.9 Å². The molecule has 4 rings (SSSR count). The maximum absolute atomic E-state index is 7.43. The normalized spacial score (nSPS) is 19.5. The molecule has 0 unspecified atom stereocenters. The minimum atomic E-state index is -0.319. The molecule has 1 aromatic carbocycles. The van der Waals surface area contributed by atoms with Crippen LogP contribution in [0.3, 0.4) is 0 Å². The number of morpholine rings is 1. The van der Waals surface area contributed by atoms with E-state index in [9.17, 15) is 0 Å². The topological polar surface area (TPSA) is 191 Å². The summed E-state index contributed by atoms with van der Waals surface area (Å²) in [7, 11) is 0. The Morgan fingerprint density at radius 2 is 1.78 bits per heavy atom. The second-order valence-electron chi connectivity index (χ2n) is 15.6. The van der Waals surface area contributed by atoms with Gasteiger partial charge in [0, 0.05) is 50.1 Å². The summed E-state index contributed by atoms with van der Waals surface area (Å²) in [6.07, 6.45) is 11.6. The number of hydrogen-bond acceptors (Lipinski definition) is 14. The van der Waals surface area contributed by atoms with E-state index in [0.29, 0.717) is 61.2 Å². The van der Waals surface area contributed by atoms with Crippen LogP contribution in [0.2, 0.25) is 5.02 Å². The lowest BCUT2D eigenvalue weighted by atomic mass is 9.90. The molecule has 1 atom stereocenters. The molecule has 55 heavy (non-hydrogen) atoms. The first-order valence-electron chi connectivity index (χ1n) is 19.3. The summed E-state index contributed by atoms with van der Waals surface area (Å²) in [5.41, 5.74) is 10.5. The Labute approximate surface area is 332 Å². The second kappa shape index (κ2) is 21.7. The molecule has 0 spiro atoms. The number of allylic oxidation sites excluding steroid dienone is 1. The summed E-state index contributed by atoms with van der Waals surface area (Å²) in [4.78, 5) is 16.7. The molecule has 2 aromatic rings. The lowest BCUT2D eigenvalue weighted by Gasteiger charge is -2.38. The van der Waals surface area contributed by atoms with Gasteiger partial charge in [-0.3, -0.25) is 26.2 Å². The number of benzene rings is 1. The van der Waals surface area contributed by atoms with Gasteiger partial charge in [-0.05, 0) is 91.3 Å². The standard InChI is InChI=1S/C39H63ClN10O5/c1-28(26-50(27-41)48-43)55-35-22-29(8-13-33(35)40)30-23-45-37(46-24-30)47-34(25-44-31-9-11-32(12-10-31)49-15-20-51-21-16-49)36(42)52-17-7-18-54-39(5,6)14-19-53-38(2,3)4/h8,13,22-25,27-28,31-32,41,48H,7,9-12,14-21,26,42-43H2,1-6H3,(H,45,46,47)/b36-34-,41-27?,44-25?/t28-,31?,32?/m0/s1. The summed E-state index contributed by atoms with van der Waals surface area (Å²) in [5.74, 6) is 6.49. The summed E-state index contributed by atoms with van der Waals surface area (Å²) in [6, 6.07) is 6.24. The van der Waals surface area contributed by atoms with Crippen molar-refractivity contribution in [3.8, 4) is 16.9 Å². The molecule has 0 bridgehead atoms. The highest BCUT2D eigenvalue weighted by Crippen LogP contribution is 2.31. The fraction of sp³-hybridized carbons (Fsp3) is 0.641. The van der Waals surface area contributed by atoms with E-state index in [1.165, 1.54) is 5.01 Å². The Balaban J connectivity index is 1.40. The van der Waals surface area contributed by atoms with Crippen LogP contribution in [-0.4, -0.2) is 114 Å². The lowest BCUT2D eigenvalue weighted by molar-refractivity contribution is -0.0690. The molecule has 7 N–H and O–H groups in total. The fourth-order valence-corrected chi connectivity index (χ4v) is 6.47. The van der Waals surface area contributed by atoms with Crippen LogP contribution >= 0.6 is 11.6 Å². The van der Waals surface area contributed by atoms with Gasteiger partial charge in [-0.1, -0.05) is 17.7 Å². The van der Waals surface area contributed by atoms with E-state index in [1.807, 2.05) is 19.1 Å². The second-order valence-corrected chi connectivity index (χ2v) is 16.0. The SMILES string of the molecule is C[C@@H](CN(C=N)NN)Oc1cc(-c2cnc(N/C(C=NC3CCC(N4CCOCC4)CC3)=C(/N)OCCCOC(C)(C)CCOC(C)(C)C)nc2)ccc1Cl.